The summed E-state index contributed by atoms with van der Waals surface area (Å²) in [6.45, 7) is 0.599. The van der Waals surface area contributed by atoms with Crippen molar-refractivity contribution in [2.24, 2.45) is 0 Å². The molecular weight excluding hydrogens is 258 g/mol. The SMILES string of the molecule is COc1cncc(N(C)Cc2ccc(C(=O)O)cc2)n1. The second-order valence-electron chi connectivity index (χ2n) is 4.28. The first-order valence-electron chi connectivity index (χ1n) is 5.99. The van der Waals surface area contributed by atoms with Crippen molar-refractivity contribution in [1.29, 1.82) is 0 Å². The average molecular weight is 273 g/mol. The van der Waals surface area contributed by atoms with Crippen LogP contribution in [-0.2, 0) is 6.54 Å². The summed E-state index contributed by atoms with van der Waals surface area (Å²) >= 11 is 0. The summed E-state index contributed by atoms with van der Waals surface area (Å²) in [7, 11) is 3.42. The molecular formula is C14H15N3O3. The Bertz CT molecular complexity index is 599. The second kappa shape index (κ2) is 6.01. The van der Waals surface area contributed by atoms with Crippen LogP contribution in [0.2, 0.25) is 0 Å². The van der Waals surface area contributed by atoms with Crippen LogP contribution in [0.4, 0.5) is 5.82 Å². The highest BCUT2D eigenvalue weighted by Crippen LogP contribution is 2.15. The van der Waals surface area contributed by atoms with Gasteiger partial charge in [-0.1, -0.05) is 12.1 Å². The second-order valence-corrected chi connectivity index (χ2v) is 4.28. The van der Waals surface area contributed by atoms with Gasteiger partial charge in [0.1, 0.15) is 0 Å². The summed E-state index contributed by atoms with van der Waals surface area (Å²) < 4.78 is 5.03. The molecule has 20 heavy (non-hydrogen) atoms. The van der Waals surface area contributed by atoms with Crippen molar-refractivity contribution in [3.05, 3.63) is 47.8 Å². The van der Waals surface area contributed by atoms with E-state index in [4.69, 9.17) is 9.84 Å². The van der Waals surface area contributed by atoms with E-state index in [9.17, 15) is 4.79 Å². The van der Waals surface area contributed by atoms with Gasteiger partial charge in [-0.3, -0.25) is 4.98 Å². The molecule has 6 nitrogen and oxygen atoms in total. The third-order valence-electron chi connectivity index (χ3n) is 2.82. The number of carboxylic acid groups (broad SMARTS) is 1. The Hall–Kier alpha value is -2.63. The molecule has 1 aromatic heterocycles. The summed E-state index contributed by atoms with van der Waals surface area (Å²) in [5.41, 5.74) is 1.26. The normalized spacial score (nSPS) is 10.1. The molecule has 0 aliphatic heterocycles. The highest BCUT2D eigenvalue weighted by molar-refractivity contribution is 5.87. The molecule has 0 aliphatic carbocycles. The van der Waals surface area contributed by atoms with E-state index in [1.165, 1.54) is 0 Å². The topological polar surface area (TPSA) is 75.5 Å². The number of hydrogen-bond donors (Lipinski definition) is 1. The zero-order valence-corrected chi connectivity index (χ0v) is 11.3. The largest absolute Gasteiger partial charge is 0.480 e. The van der Waals surface area contributed by atoms with Gasteiger partial charge in [0.2, 0.25) is 5.88 Å². The lowest BCUT2D eigenvalue weighted by molar-refractivity contribution is 0.0697. The fourth-order valence-corrected chi connectivity index (χ4v) is 1.73. The van der Waals surface area contributed by atoms with Crippen molar-refractivity contribution in [2.45, 2.75) is 6.54 Å². The van der Waals surface area contributed by atoms with E-state index in [1.807, 2.05) is 11.9 Å². The molecule has 0 unspecified atom stereocenters. The molecule has 1 N–H and O–H groups in total. The standard InChI is InChI=1S/C14H15N3O3/c1-17(12-7-15-8-13(16-12)20-2)9-10-3-5-11(6-4-10)14(18)19/h3-8H,9H2,1-2H3,(H,18,19). The van der Waals surface area contributed by atoms with E-state index in [0.717, 1.165) is 5.56 Å². The summed E-state index contributed by atoms with van der Waals surface area (Å²) in [5, 5.41) is 8.85. The third-order valence-corrected chi connectivity index (χ3v) is 2.82. The molecule has 1 heterocycles. The molecule has 0 saturated heterocycles. The van der Waals surface area contributed by atoms with Crippen molar-refractivity contribution in [3.8, 4) is 5.88 Å². The van der Waals surface area contributed by atoms with E-state index >= 15 is 0 Å². The average Bonchev–Trinajstić information content (AvgIpc) is 2.47. The molecule has 0 aliphatic rings. The molecule has 2 rings (SSSR count). The van der Waals surface area contributed by atoms with Crippen molar-refractivity contribution in [2.75, 3.05) is 19.1 Å². The number of anilines is 1. The number of nitrogens with zero attached hydrogens (tertiary/aromatic N) is 3. The molecule has 0 spiro atoms. The quantitative estimate of drug-likeness (QED) is 0.895. The van der Waals surface area contributed by atoms with Gasteiger partial charge in [-0.25, -0.2) is 4.79 Å². The molecule has 6 heteroatoms. The number of carbonyl (C=O) groups is 1. The highest BCUT2D eigenvalue weighted by atomic mass is 16.5. The minimum Gasteiger partial charge on any atom is -0.480 e. The monoisotopic (exact) mass is 273 g/mol. The molecule has 0 radical (unpaired) electrons. The van der Waals surface area contributed by atoms with Crippen LogP contribution >= 0.6 is 0 Å². The fourth-order valence-electron chi connectivity index (χ4n) is 1.73. The molecule has 0 bridgehead atoms. The first-order valence-corrected chi connectivity index (χ1v) is 5.99. The number of rotatable bonds is 5. The van der Waals surface area contributed by atoms with Gasteiger partial charge in [-0.05, 0) is 17.7 Å². The Balaban J connectivity index is 2.10. The third kappa shape index (κ3) is 3.23. The van der Waals surface area contributed by atoms with Crippen molar-refractivity contribution in [3.63, 3.8) is 0 Å². The molecule has 104 valence electrons. The fraction of sp³-hybridized carbons (Fsp3) is 0.214. The minimum atomic E-state index is -0.927. The van der Waals surface area contributed by atoms with Gasteiger partial charge in [-0.15, -0.1) is 0 Å². The summed E-state index contributed by atoms with van der Waals surface area (Å²) in [4.78, 5) is 21.0. The van der Waals surface area contributed by atoms with Gasteiger partial charge in [0.15, 0.2) is 5.82 Å². The van der Waals surface area contributed by atoms with Crippen LogP contribution < -0.4 is 9.64 Å². The van der Waals surface area contributed by atoms with Crippen LogP contribution in [0.1, 0.15) is 15.9 Å². The lowest BCUT2D eigenvalue weighted by Crippen LogP contribution is -2.18. The number of carboxylic acids is 1. The van der Waals surface area contributed by atoms with E-state index in [-0.39, 0.29) is 5.56 Å². The smallest absolute Gasteiger partial charge is 0.335 e. The predicted molar refractivity (Wildman–Crippen MR) is 74.1 cm³/mol. The van der Waals surface area contributed by atoms with Gasteiger partial charge in [0.25, 0.3) is 0 Å². The van der Waals surface area contributed by atoms with Gasteiger partial charge < -0.3 is 14.7 Å². The zero-order chi connectivity index (χ0) is 14.5. The van der Waals surface area contributed by atoms with Crippen molar-refractivity contribution in [1.82, 2.24) is 9.97 Å². The summed E-state index contributed by atoms with van der Waals surface area (Å²) in [5.74, 6) is 0.214. The van der Waals surface area contributed by atoms with Crippen LogP contribution in [0.5, 0.6) is 5.88 Å². The maximum atomic E-state index is 10.8. The number of methoxy groups -OCH3 is 1. The molecule has 0 amide bonds. The highest BCUT2D eigenvalue weighted by Gasteiger charge is 2.07. The van der Waals surface area contributed by atoms with Crippen molar-refractivity contribution >= 4 is 11.8 Å². The first kappa shape index (κ1) is 13.8. The Labute approximate surface area is 116 Å². The van der Waals surface area contributed by atoms with E-state index in [0.29, 0.717) is 18.2 Å². The van der Waals surface area contributed by atoms with E-state index < -0.39 is 5.97 Å². The molecule has 0 saturated carbocycles. The van der Waals surface area contributed by atoms with Crippen LogP contribution in [-0.4, -0.2) is 35.2 Å². The molecule has 0 atom stereocenters. The lowest BCUT2D eigenvalue weighted by Gasteiger charge is -2.18. The van der Waals surface area contributed by atoms with Gasteiger partial charge in [0, 0.05) is 13.6 Å². The van der Waals surface area contributed by atoms with E-state index in [2.05, 4.69) is 9.97 Å². The van der Waals surface area contributed by atoms with Crippen LogP contribution in [0, 0.1) is 0 Å². The molecule has 1 aromatic carbocycles. The maximum Gasteiger partial charge on any atom is 0.335 e. The summed E-state index contributed by atoms with van der Waals surface area (Å²) in [6, 6.07) is 6.74. The lowest BCUT2D eigenvalue weighted by atomic mass is 10.1. The Kier molecular flexibility index (Phi) is 4.14. The molecule has 0 fully saturated rings. The van der Waals surface area contributed by atoms with E-state index in [1.54, 1.807) is 43.8 Å². The van der Waals surface area contributed by atoms with Crippen molar-refractivity contribution < 1.29 is 14.6 Å². The van der Waals surface area contributed by atoms with Gasteiger partial charge >= 0.3 is 5.97 Å². The van der Waals surface area contributed by atoms with Crippen LogP contribution in [0.15, 0.2) is 36.7 Å². The molecule has 2 aromatic rings. The van der Waals surface area contributed by atoms with Gasteiger partial charge in [0.05, 0.1) is 25.1 Å². The minimum absolute atomic E-state index is 0.276. The number of benzene rings is 1. The number of ether oxygens (including phenoxy) is 1. The maximum absolute atomic E-state index is 10.8. The number of aromatic nitrogens is 2. The Morgan fingerprint density at radius 2 is 2.00 bits per heavy atom. The first-order chi connectivity index (χ1) is 9.60. The van der Waals surface area contributed by atoms with Gasteiger partial charge in [-0.2, -0.15) is 4.98 Å². The zero-order valence-electron chi connectivity index (χ0n) is 11.3. The van der Waals surface area contributed by atoms with Crippen LogP contribution in [0.3, 0.4) is 0 Å². The number of hydrogen-bond acceptors (Lipinski definition) is 5. The Morgan fingerprint density at radius 3 is 2.60 bits per heavy atom. The Morgan fingerprint density at radius 1 is 1.30 bits per heavy atom. The predicted octanol–water partition coefficient (Wildman–Crippen LogP) is 1.82. The number of aromatic carboxylic acids is 1. The summed E-state index contributed by atoms with van der Waals surface area (Å²) in [6.07, 6.45) is 3.19. The van der Waals surface area contributed by atoms with Crippen LogP contribution in [0.25, 0.3) is 0 Å².